The first-order valence-electron chi connectivity index (χ1n) is 3.93. The molecule has 0 aliphatic rings. The van der Waals surface area contributed by atoms with E-state index in [0.717, 1.165) is 16.5 Å². The fourth-order valence-corrected chi connectivity index (χ4v) is 1.22. The van der Waals surface area contributed by atoms with E-state index in [-0.39, 0.29) is 0 Å². The zero-order valence-electron chi connectivity index (χ0n) is 6.90. The maximum atomic E-state index is 8.35. The first kappa shape index (κ1) is 7.63. The third kappa shape index (κ3) is 1.45. The van der Waals surface area contributed by atoms with E-state index in [0.29, 0.717) is 0 Å². The van der Waals surface area contributed by atoms with E-state index in [9.17, 15) is 0 Å². The number of allylic oxidation sites excluding steroid dienone is 1. The van der Waals surface area contributed by atoms with Gasteiger partial charge in [0.1, 0.15) is 5.58 Å². The van der Waals surface area contributed by atoms with Gasteiger partial charge in [-0.25, -0.2) is 0 Å². The van der Waals surface area contributed by atoms with E-state index in [4.69, 9.17) is 9.68 Å². The zero-order valence-corrected chi connectivity index (χ0v) is 6.90. The predicted octanol–water partition coefficient (Wildman–Crippen LogP) is 2.97. The molecule has 0 aliphatic carbocycles. The Morgan fingerprint density at radius 3 is 3.08 bits per heavy atom. The highest BCUT2D eigenvalue weighted by Gasteiger charge is 1.95. The van der Waals surface area contributed by atoms with Crippen LogP contribution in [0.15, 0.2) is 41.0 Å². The van der Waals surface area contributed by atoms with Crippen LogP contribution >= 0.6 is 0 Å². The molecule has 0 amide bonds. The van der Waals surface area contributed by atoms with Crippen LogP contribution in [0.3, 0.4) is 0 Å². The van der Waals surface area contributed by atoms with Gasteiger partial charge >= 0.3 is 0 Å². The third-order valence-electron chi connectivity index (χ3n) is 1.83. The van der Waals surface area contributed by atoms with Crippen molar-refractivity contribution >= 4 is 17.0 Å². The molecule has 2 nitrogen and oxygen atoms in total. The molecule has 0 saturated heterocycles. The zero-order chi connectivity index (χ0) is 9.10. The Balaban J connectivity index is 2.49. The molecule has 1 aromatic heterocycles. The number of hydrogen-bond acceptors (Lipinski definition) is 2. The van der Waals surface area contributed by atoms with Crippen molar-refractivity contribution in [3.05, 3.63) is 42.2 Å². The molecule has 1 aromatic carbocycles. The van der Waals surface area contributed by atoms with Crippen LogP contribution in [0.2, 0.25) is 0 Å². The highest BCUT2D eigenvalue weighted by atomic mass is 16.3. The average molecular weight is 169 g/mol. The maximum absolute atomic E-state index is 8.35. The predicted molar refractivity (Wildman–Crippen MR) is 50.9 cm³/mol. The lowest BCUT2D eigenvalue weighted by Crippen LogP contribution is -1.70. The molecule has 0 atom stereocenters. The molecule has 0 radical (unpaired) electrons. The Labute approximate surface area is 75.7 Å². The molecule has 2 aromatic rings. The molecule has 62 valence electrons. The summed E-state index contributed by atoms with van der Waals surface area (Å²) in [6.45, 7) is 0. The summed E-state index contributed by atoms with van der Waals surface area (Å²) in [5.74, 6) is 0. The van der Waals surface area contributed by atoms with Crippen molar-refractivity contribution in [1.82, 2.24) is 0 Å². The van der Waals surface area contributed by atoms with Crippen LogP contribution < -0.4 is 0 Å². The van der Waals surface area contributed by atoms with Crippen molar-refractivity contribution in [3.63, 3.8) is 0 Å². The van der Waals surface area contributed by atoms with Gasteiger partial charge in [0.05, 0.1) is 12.3 Å². The second-order valence-corrected chi connectivity index (χ2v) is 2.68. The normalized spacial score (nSPS) is 10.7. The summed E-state index contributed by atoms with van der Waals surface area (Å²) < 4.78 is 5.19. The first-order chi connectivity index (χ1) is 6.40. The topological polar surface area (TPSA) is 36.9 Å². The number of hydrogen-bond donors (Lipinski definition) is 0. The number of furan rings is 1. The Bertz CT molecular complexity index is 488. The summed E-state index contributed by atoms with van der Waals surface area (Å²) in [4.78, 5) is 0. The molecule has 0 aliphatic heterocycles. The van der Waals surface area contributed by atoms with Crippen LogP contribution in [0.5, 0.6) is 0 Å². The molecule has 13 heavy (non-hydrogen) atoms. The monoisotopic (exact) mass is 169 g/mol. The first-order valence-corrected chi connectivity index (χ1v) is 3.93. The minimum absolute atomic E-state index is 0.870. The maximum Gasteiger partial charge on any atom is 0.133 e. The molecule has 2 heteroatoms. The Morgan fingerprint density at radius 2 is 2.23 bits per heavy atom. The molecule has 0 N–H and O–H groups in total. The Morgan fingerprint density at radius 1 is 1.31 bits per heavy atom. The lowest BCUT2D eigenvalue weighted by atomic mass is 10.1. The summed E-state index contributed by atoms with van der Waals surface area (Å²) in [5.41, 5.74) is 1.88. The summed E-state index contributed by atoms with van der Waals surface area (Å²) >= 11 is 0. The Kier molecular flexibility index (Phi) is 1.85. The lowest BCUT2D eigenvalue weighted by molar-refractivity contribution is 0.616. The Hall–Kier alpha value is -2.01. The van der Waals surface area contributed by atoms with Gasteiger partial charge in [0.2, 0.25) is 0 Å². The van der Waals surface area contributed by atoms with E-state index in [1.54, 1.807) is 12.3 Å². The highest BCUT2D eigenvalue weighted by molar-refractivity contribution is 5.80. The van der Waals surface area contributed by atoms with E-state index < -0.39 is 0 Å². The molecule has 0 bridgehead atoms. The van der Waals surface area contributed by atoms with Crippen LogP contribution in [0.1, 0.15) is 5.56 Å². The minimum Gasteiger partial charge on any atom is -0.464 e. The molecule has 2 rings (SSSR count). The van der Waals surface area contributed by atoms with E-state index in [2.05, 4.69) is 0 Å². The van der Waals surface area contributed by atoms with Gasteiger partial charge in [-0.15, -0.1) is 0 Å². The quantitative estimate of drug-likeness (QED) is 0.615. The second-order valence-electron chi connectivity index (χ2n) is 2.68. The van der Waals surface area contributed by atoms with Gasteiger partial charge in [-0.1, -0.05) is 6.07 Å². The number of fused-ring (bicyclic) bond motifs is 1. The summed E-state index contributed by atoms with van der Waals surface area (Å²) in [7, 11) is 0. The van der Waals surface area contributed by atoms with Crippen LogP contribution in [0.25, 0.3) is 17.0 Å². The highest BCUT2D eigenvalue weighted by Crippen LogP contribution is 2.17. The van der Waals surface area contributed by atoms with Crippen molar-refractivity contribution < 1.29 is 4.42 Å². The lowest BCUT2D eigenvalue weighted by Gasteiger charge is -1.91. The van der Waals surface area contributed by atoms with Gasteiger partial charge in [-0.3, -0.25) is 0 Å². The van der Waals surface area contributed by atoms with Gasteiger partial charge in [-0.2, -0.15) is 5.26 Å². The average Bonchev–Trinajstić information content (AvgIpc) is 2.61. The minimum atomic E-state index is 0.870. The van der Waals surface area contributed by atoms with Crippen molar-refractivity contribution in [2.75, 3.05) is 0 Å². The van der Waals surface area contributed by atoms with Crippen molar-refractivity contribution in [2.24, 2.45) is 0 Å². The SMILES string of the molecule is N#CC=Cc1ccc2occc2c1. The van der Waals surface area contributed by atoms with Gasteiger partial charge < -0.3 is 4.42 Å². The van der Waals surface area contributed by atoms with Crippen molar-refractivity contribution in [3.8, 4) is 6.07 Å². The van der Waals surface area contributed by atoms with E-state index in [1.807, 2.05) is 30.3 Å². The molecule has 0 spiro atoms. The molecule has 0 fully saturated rings. The number of nitriles is 1. The molecular formula is C11H7NO. The molecule has 0 unspecified atom stereocenters. The fourth-order valence-electron chi connectivity index (χ4n) is 1.22. The van der Waals surface area contributed by atoms with Gasteiger partial charge in [0.25, 0.3) is 0 Å². The van der Waals surface area contributed by atoms with Gasteiger partial charge in [0, 0.05) is 11.5 Å². The van der Waals surface area contributed by atoms with Crippen LogP contribution in [0.4, 0.5) is 0 Å². The summed E-state index contributed by atoms with van der Waals surface area (Å²) in [5, 5.41) is 9.40. The third-order valence-corrected chi connectivity index (χ3v) is 1.83. The number of benzene rings is 1. The van der Waals surface area contributed by atoms with Crippen molar-refractivity contribution in [1.29, 1.82) is 5.26 Å². The smallest absolute Gasteiger partial charge is 0.133 e. The van der Waals surface area contributed by atoms with Gasteiger partial charge in [-0.05, 0) is 29.8 Å². The molecule has 0 saturated carbocycles. The molecular weight excluding hydrogens is 162 g/mol. The van der Waals surface area contributed by atoms with Crippen LogP contribution in [0, 0.1) is 11.3 Å². The number of rotatable bonds is 1. The largest absolute Gasteiger partial charge is 0.464 e. The molecule has 1 heterocycles. The second kappa shape index (κ2) is 3.16. The fraction of sp³-hybridized carbons (Fsp3) is 0. The standard InChI is InChI=1S/C11H7NO/c12-6-1-2-9-3-4-11-10(8-9)5-7-13-11/h1-5,7-8H. The summed E-state index contributed by atoms with van der Waals surface area (Å²) in [6.07, 6.45) is 4.89. The van der Waals surface area contributed by atoms with E-state index in [1.165, 1.54) is 6.08 Å². The number of nitrogens with zero attached hydrogens (tertiary/aromatic N) is 1. The van der Waals surface area contributed by atoms with Gasteiger partial charge in [0.15, 0.2) is 0 Å². The van der Waals surface area contributed by atoms with Crippen LogP contribution in [-0.4, -0.2) is 0 Å². The summed E-state index contributed by atoms with van der Waals surface area (Å²) in [6, 6.07) is 9.65. The van der Waals surface area contributed by atoms with Crippen LogP contribution in [-0.2, 0) is 0 Å². The van der Waals surface area contributed by atoms with Crippen molar-refractivity contribution in [2.45, 2.75) is 0 Å². The van der Waals surface area contributed by atoms with E-state index >= 15 is 0 Å².